The predicted molar refractivity (Wildman–Crippen MR) is 69.7 cm³/mol. The molecule has 0 fully saturated rings. The third-order valence-corrected chi connectivity index (χ3v) is 3.42. The topological polar surface area (TPSA) is 74.8 Å². The van der Waals surface area contributed by atoms with Crippen molar-refractivity contribution in [1.29, 1.82) is 0 Å². The predicted octanol–water partition coefficient (Wildman–Crippen LogP) is 1.14. The first kappa shape index (κ1) is 14.6. The molecule has 1 N–H and O–H groups in total. The first-order chi connectivity index (χ1) is 10.4. The van der Waals surface area contributed by atoms with E-state index in [0.29, 0.717) is 19.5 Å². The number of H-pyrrole nitrogens is 1. The first-order valence-electron chi connectivity index (χ1n) is 6.60. The Morgan fingerprint density at radius 3 is 2.82 bits per heavy atom. The van der Waals surface area contributed by atoms with E-state index in [9.17, 15) is 18.0 Å². The summed E-state index contributed by atoms with van der Waals surface area (Å²) in [4.78, 5) is 27.3. The number of aromatic amines is 1. The minimum atomic E-state index is -4.65. The zero-order valence-corrected chi connectivity index (χ0v) is 11.4. The van der Waals surface area contributed by atoms with Gasteiger partial charge in [-0.25, -0.2) is 4.98 Å². The van der Waals surface area contributed by atoms with E-state index in [1.807, 2.05) is 9.88 Å². The van der Waals surface area contributed by atoms with Gasteiger partial charge in [-0.05, 0) is 0 Å². The van der Waals surface area contributed by atoms with Gasteiger partial charge in [-0.3, -0.25) is 19.7 Å². The Morgan fingerprint density at radius 1 is 1.32 bits per heavy atom. The molecule has 0 atom stereocenters. The van der Waals surface area contributed by atoms with E-state index < -0.39 is 17.6 Å². The van der Waals surface area contributed by atoms with Crippen molar-refractivity contribution in [2.75, 3.05) is 6.54 Å². The molecule has 0 unspecified atom stereocenters. The number of nitrogens with one attached hydrogen (secondary N) is 1. The van der Waals surface area contributed by atoms with E-state index in [4.69, 9.17) is 0 Å². The summed E-state index contributed by atoms with van der Waals surface area (Å²) in [5.74, 6) is -1.24. The quantitative estimate of drug-likeness (QED) is 0.900. The van der Waals surface area contributed by atoms with Gasteiger partial charge in [0.15, 0.2) is 0 Å². The Morgan fingerprint density at radius 2 is 2.14 bits per heavy atom. The number of nitrogens with zero attached hydrogens (tertiary/aromatic N) is 4. The van der Waals surface area contributed by atoms with Crippen molar-refractivity contribution in [3.8, 4) is 0 Å². The first-order valence-corrected chi connectivity index (χ1v) is 6.60. The van der Waals surface area contributed by atoms with Gasteiger partial charge < -0.3 is 4.98 Å². The summed E-state index contributed by atoms with van der Waals surface area (Å²) in [5.41, 5.74) is 0.498. The number of fused-ring (bicyclic) bond motifs is 1. The number of aromatic nitrogens is 4. The summed E-state index contributed by atoms with van der Waals surface area (Å²) < 4.78 is 37.9. The molecule has 1 aliphatic heterocycles. The molecule has 9 heteroatoms. The lowest BCUT2D eigenvalue weighted by Crippen LogP contribution is -2.36. The van der Waals surface area contributed by atoms with Gasteiger partial charge in [0.25, 0.3) is 5.56 Å². The summed E-state index contributed by atoms with van der Waals surface area (Å²) in [6.45, 7) is 1.23. The fourth-order valence-electron chi connectivity index (χ4n) is 2.39. The van der Waals surface area contributed by atoms with Crippen LogP contribution in [0.15, 0.2) is 23.4 Å². The average Bonchev–Trinajstić information content (AvgIpc) is 2.48. The third kappa shape index (κ3) is 2.98. The molecule has 1 aliphatic rings. The van der Waals surface area contributed by atoms with Crippen LogP contribution < -0.4 is 5.56 Å². The lowest BCUT2D eigenvalue weighted by atomic mass is 10.1. The lowest BCUT2D eigenvalue weighted by molar-refractivity contribution is -0.145. The van der Waals surface area contributed by atoms with Crippen molar-refractivity contribution < 1.29 is 13.2 Å². The van der Waals surface area contributed by atoms with Crippen LogP contribution in [0.2, 0.25) is 0 Å². The third-order valence-electron chi connectivity index (χ3n) is 3.42. The number of halogens is 3. The molecule has 2 aromatic rings. The van der Waals surface area contributed by atoms with E-state index in [-0.39, 0.29) is 17.8 Å². The maximum absolute atomic E-state index is 12.6. The molecular weight excluding hydrogens is 299 g/mol. The van der Waals surface area contributed by atoms with E-state index in [0.717, 1.165) is 5.69 Å². The van der Waals surface area contributed by atoms with Crippen LogP contribution in [-0.4, -0.2) is 31.4 Å². The molecule has 0 aliphatic carbocycles. The van der Waals surface area contributed by atoms with E-state index >= 15 is 0 Å². The minimum Gasteiger partial charge on any atom is -0.303 e. The van der Waals surface area contributed by atoms with Crippen LogP contribution in [0.25, 0.3) is 0 Å². The standard InChI is InChI=1S/C13H12F3N5O/c14-13(15,16)12-19-10-1-4-21(7-9(10)11(22)20-12)6-8-5-17-2-3-18-8/h2-3,5H,1,4,6-7H2,(H,19,20,22). The number of hydrogen-bond acceptors (Lipinski definition) is 5. The summed E-state index contributed by atoms with van der Waals surface area (Å²) in [6.07, 6.45) is 0.387. The van der Waals surface area contributed by atoms with E-state index in [2.05, 4.69) is 15.0 Å². The van der Waals surface area contributed by atoms with Gasteiger partial charge in [0.1, 0.15) is 0 Å². The highest BCUT2D eigenvalue weighted by Crippen LogP contribution is 2.26. The van der Waals surface area contributed by atoms with Gasteiger partial charge in [0.2, 0.25) is 5.82 Å². The average molecular weight is 311 g/mol. The lowest BCUT2D eigenvalue weighted by Gasteiger charge is -2.27. The second-order valence-corrected chi connectivity index (χ2v) is 4.99. The fraction of sp³-hybridized carbons (Fsp3) is 0.385. The second-order valence-electron chi connectivity index (χ2n) is 4.99. The molecule has 0 radical (unpaired) electrons. The SMILES string of the molecule is O=c1[nH]c(C(F)(F)F)nc2c1CN(Cc1cnccn1)CC2. The Labute approximate surface area is 123 Å². The minimum absolute atomic E-state index is 0.214. The maximum Gasteiger partial charge on any atom is 0.449 e. The van der Waals surface area contributed by atoms with Crippen LogP contribution in [0.1, 0.15) is 22.8 Å². The smallest absolute Gasteiger partial charge is 0.303 e. The second kappa shape index (κ2) is 5.48. The normalized spacial score (nSPS) is 15.6. The molecule has 116 valence electrons. The molecule has 0 saturated carbocycles. The molecule has 0 aromatic carbocycles. The molecule has 6 nitrogen and oxygen atoms in total. The van der Waals surface area contributed by atoms with Crippen molar-refractivity contribution in [3.05, 3.63) is 51.7 Å². The largest absolute Gasteiger partial charge is 0.449 e. The van der Waals surface area contributed by atoms with Crippen molar-refractivity contribution >= 4 is 0 Å². The van der Waals surface area contributed by atoms with Crippen LogP contribution in [0, 0.1) is 0 Å². The van der Waals surface area contributed by atoms with Gasteiger partial charge >= 0.3 is 6.18 Å². The van der Waals surface area contributed by atoms with Crippen molar-refractivity contribution in [1.82, 2.24) is 24.8 Å². The fourth-order valence-corrected chi connectivity index (χ4v) is 2.39. The number of alkyl halides is 3. The van der Waals surface area contributed by atoms with Gasteiger partial charge in [-0.15, -0.1) is 0 Å². The van der Waals surface area contributed by atoms with Crippen LogP contribution >= 0.6 is 0 Å². The molecule has 0 bridgehead atoms. The molecule has 22 heavy (non-hydrogen) atoms. The van der Waals surface area contributed by atoms with Crippen LogP contribution in [0.4, 0.5) is 13.2 Å². The van der Waals surface area contributed by atoms with E-state index in [1.165, 1.54) is 0 Å². The molecule has 0 spiro atoms. The van der Waals surface area contributed by atoms with Crippen molar-refractivity contribution in [2.45, 2.75) is 25.7 Å². The Kier molecular flexibility index (Phi) is 3.65. The van der Waals surface area contributed by atoms with Crippen molar-refractivity contribution in [2.24, 2.45) is 0 Å². The van der Waals surface area contributed by atoms with Crippen LogP contribution in [0.3, 0.4) is 0 Å². The Balaban J connectivity index is 1.83. The summed E-state index contributed by atoms with van der Waals surface area (Å²) in [6, 6.07) is 0. The molecule has 3 rings (SSSR count). The molecule has 3 heterocycles. The summed E-state index contributed by atoms with van der Waals surface area (Å²) in [5, 5.41) is 0. The number of rotatable bonds is 2. The zero-order valence-electron chi connectivity index (χ0n) is 11.4. The van der Waals surface area contributed by atoms with Crippen LogP contribution in [0.5, 0.6) is 0 Å². The monoisotopic (exact) mass is 311 g/mol. The summed E-state index contributed by atoms with van der Waals surface area (Å²) in [7, 11) is 0. The van der Waals surface area contributed by atoms with Crippen LogP contribution in [-0.2, 0) is 25.7 Å². The van der Waals surface area contributed by atoms with Gasteiger partial charge in [0.05, 0.1) is 17.0 Å². The van der Waals surface area contributed by atoms with E-state index in [1.54, 1.807) is 18.6 Å². The molecule has 2 aromatic heterocycles. The van der Waals surface area contributed by atoms with Gasteiger partial charge in [-0.2, -0.15) is 13.2 Å². The highest BCUT2D eigenvalue weighted by Gasteiger charge is 2.35. The van der Waals surface area contributed by atoms with Gasteiger partial charge in [-0.1, -0.05) is 0 Å². The van der Waals surface area contributed by atoms with Gasteiger partial charge in [0, 0.05) is 44.6 Å². The molecule has 0 amide bonds. The Bertz CT molecular complexity index is 729. The highest BCUT2D eigenvalue weighted by molar-refractivity contribution is 5.21. The summed E-state index contributed by atoms with van der Waals surface area (Å²) >= 11 is 0. The Hall–Kier alpha value is -2.29. The maximum atomic E-state index is 12.6. The number of hydrogen-bond donors (Lipinski definition) is 1. The molecule has 0 saturated heterocycles. The van der Waals surface area contributed by atoms with Crippen molar-refractivity contribution in [3.63, 3.8) is 0 Å². The molecular formula is C13H12F3N5O. The highest BCUT2D eigenvalue weighted by atomic mass is 19.4. The zero-order chi connectivity index (χ0) is 15.7.